The van der Waals surface area contributed by atoms with Crippen molar-refractivity contribution in [3.05, 3.63) is 12.2 Å². The molecule has 0 spiro atoms. The van der Waals surface area contributed by atoms with Crippen molar-refractivity contribution >= 4 is 5.97 Å². The Bertz CT molecular complexity index is 165. The van der Waals surface area contributed by atoms with E-state index in [1.54, 1.807) is 6.92 Å². The normalized spacial score (nSPS) is 9.69. The van der Waals surface area contributed by atoms with Crippen LogP contribution < -0.4 is 0 Å². The van der Waals surface area contributed by atoms with Crippen LogP contribution in [0.15, 0.2) is 12.2 Å². The lowest BCUT2D eigenvalue weighted by atomic mass is 10.4. The quantitative estimate of drug-likeness (QED) is 0.359. The number of hydrogen-bond acceptors (Lipinski definition) is 4. The number of ether oxygens (including phenoxy) is 2. The minimum Gasteiger partial charge on any atom is -0.460 e. The smallest absolute Gasteiger partial charge is 0.333 e. The third kappa shape index (κ3) is 7.49. The second kappa shape index (κ2) is 7.76. The van der Waals surface area contributed by atoms with Gasteiger partial charge in [-0.3, -0.25) is 0 Å². The summed E-state index contributed by atoms with van der Waals surface area (Å²) in [7, 11) is 0. The molecule has 0 atom stereocenters. The van der Waals surface area contributed by atoms with Crippen LogP contribution in [0.4, 0.5) is 0 Å². The van der Waals surface area contributed by atoms with E-state index in [0.29, 0.717) is 25.2 Å². The minimum absolute atomic E-state index is 0.117. The summed E-state index contributed by atoms with van der Waals surface area (Å²) in [5.41, 5.74) is 0.385. The highest BCUT2D eigenvalue weighted by Crippen LogP contribution is 1.91. The number of hydrogen-bond donors (Lipinski definition) is 1. The molecular formula is C9H16O4. The highest BCUT2D eigenvalue weighted by molar-refractivity contribution is 5.86. The number of carbonyl (C=O) groups is 1. The molecule has 0 rings (SSSR count). The molecule has 0 aromatic heterocycles. The summed E-state index contributed by atoms with van der Waals surface area (Å²) in [5, 5.41) is 8.41. The van der Waals surface area contributed by atoms with Gasteiger partial charge in [0.05, 0.1) is 6.61 Å². The van der Waals surface area contributed by atoms with Crippen LogP contribution in [-0.4, -0.2) is 37.5 Å². The first-order valence-electron chi connectivity index (χ1n) is 4.19. The van der Waals surface area contributed by atoms with Crippen molar-refractivity contribution in [2.75, 3.05) is 26.4 Å². The highest BCUT2D eigenvalue weighted by atomic mass is 16.6. The molecule has 0 saturated carbocycles. The zero-order valence-corrected chi connectivity index (χ0v) is 7.91. The van der Waals surface area contributed by atoms with Gasteiger partial charge in [-0.15, -0.1) is 0 Å². The van der Waals surface area contributed by atoms with Gasteiger partial charge in [0.2, 0.25) is 0 Å². The Morgan fingerprint density at radius 2 is 2.08 bits per heavy atom. The van der Waals surface area contributed by atoms with E-state index in [-0.39, 0.29) is 13.2 Å². The van der Waals surface area contributed by atoms with Gasteiger partial charge in [-0.2, -0.15) is 0 Å². The Labute approximate surface area is 78.2 Å². The molecule has 0 aromatic carbocycles. The van der Waals surface area contributed by atoms with Gasteiger partial charge in [0.1, 0.15) is 6.61 Å². The molecule has 0 fully saturated rings. The van der Waals surface area contributed by atoms with Crippen molar-refractivity contribution in [3.8, 4) is 0 Å². The molecule has 76 valence electrons. The van der Waals surface area contributed by atoms with E-state index in [9.17, 15) is 4.79 Å². The molecule has 1 N–H and O–H groups in total. The van der Waals surface area contributed by atoms with Gasteiger partial charge in [-0.05, 0) is 13.3 Å². The third-order valence-electron chi connectivity index (χ3n) is 1.26. The fourth-order valence-electron chi connectivity index (χ4n) is 0.585. The molecule has 0 unspecified atom stereocenters. The highest BCUT2D eigenvalue weighted by Gasteiger charge is 2.01. The van der Waals surface area contributed by atoms with Crippen LogP contribution in [0.5, 0.6) is 0 Å². The van der Waals surface area contributed by atoms with Crippen LogP contribution in [-0.2, 0) is 14.3 Å². The maximum absolute atomic E-state index is 10.8. The first-order valence-corrected chi connectivity index (χ1v) is 4.19. The Kier molecular flexibility index (Phi) is 7.24. The second-order valence-corrected chi connectivity index (χ2v) is 2.61. The summed E-state index contributed by atoms with van der Waals surface area (Å²) in [4.78, 5) is 10.8. The summed E-state index contributed by atoms with van der Waals surface area (Å²) in [6, 6.07) is 0. The fourth-order valence-corrected chi connectivity index (χ4v) is 0.585. The zero-order valence-electron chi connectivity index (χ0n) is 7.91. The summed E-state index contributed by atoms with van der Waals surface area (Å²) in [6.45, 7) is 6.22. The van der Waals surface area contributed by atoms with Gasteiger partial charge in [0.25, 0.3) is 0 Å². The molecule has 4 heteroatoms. The maximum Gasteiger partial charge on any atom is 0.333 e. The van der Waals surface area contributed by atoms with Gasteiger partial charge < -0.3 is 14.6 Å². The predicted molar refractivity (Wildman–Crippen MR) is 48.3 cm³/mol. The Balaban J connectivity index is 3.16. The van der Waals surface area contributed by atoms with Crippen molar-refractivity contribution in [1.82, 2.24) is 0 Å². The fraction of sp³-hybridized carbons (Fsp3) is 0.667. The minimum atomic E-state index is -0.397. The molecule has 0 aliphatic rings. The van der Waals surface area contributed by atoms with E-state index in [1.165, 1.54) is 0 Å². The van der Waals surface area contributed by atoms with E-state index in [4.69, 9.17) is 14.6 Å². The largest absolute Gasteiger partial charge is 0.460 e. The molecule has 0 bridgehead atoms. The Morgan fingerprint density at radius 1 is 1.38 bits per heavy atom. The lowest BCUT2D eigenvalue weighted by molar-refractivity contribution is -0.140. The lowest BCUT2D eigenvalue weighted by Crippen LogP contribution is -2.11. The standard InChI is InChI=1S/C9H16O4/c1-8(2)9(11)13-7-6-12-5-3-4-10/h10H,1,3-7H2,2H3. The van der Waals surface area contributed by atoms with Crippen LogP contribution in [0.2, 0.25) is 0 Å². The van der Waals surface area contributed by atoms with Crippen LogP contribution in [0.25, 0.3) is 0 Å². The number of aliphatic hydroxyl groups excluding tert-OH is 1. The van der Waals surface area contributed by atoms with Crippen LogP contribution in [0.3, 0.4) is 0 Å². The summed E-state index contributed by atoms with van der Waals surface area (Å²) >= 11 is 0. The van der Waals surface area contributed by atoms with Crippen molar-refractivity contribution in [3.63, 3.8) is 0 Å². The van der Waals surface area contributed by atoms with E-state index in [1.807, 2.05) is 0 Å². The number of aliphatic hydroxyl groups is 1. The molecular weight excluding hydrogens is 172 g/mol. The van der Waals surface area contributed by atoms with Crippen LogP contribution >= 0.6 is 0 Å². The number of esters is 1. The zero-order chi connectivity index (χ0) is 10.1. The molecule has 13 heavy (non-hydrogen) atoms. The van der Waals surface area contributed by atoms with Gasteiger partial charge in [-0.25, -0.2) is 4.79 Å². The molecule has 0 amide bonds. The summed E-state index contributed by atoms with van der Waals surface area (Å²) in [6.07, 6.45) is 0.606. The molecule has 0 radical (unpaired) electrons. The lowest BCUT2D eigenvalue weighted by Gasteiger charge is -2.04. The topological polar surface area (TPSA) is 55.8 Å². The van der Waals surface area contributed by atoms with Crippen molar-refractivity contribution in [2.45, 2.75) is 13.3 Å². The molecule has 0 aliphatic heterocycles. The van der Waals surface area contributed by atoms with Crippen molar-refractivity contribution in [2.24, 2.45) is 0 Å². The van der Waals surface area contributed by atoms with Crippen molar-refractivity contribution < 1.29 is 19.4 Å². The summed E-state index contributed by atoms with van der Waals surface area (Å²) < 4.78 is 9.79. The Hall–Kier alpha value is -0.870. The Morgan fingerprint density at radius 3 is 2.62 bits per heavy atom. The van der Waals surface area contributed by atoms with E-state index in [0.717, 1.165) is 0 Å². The molecule has 0 aromatic rings. The van der Waals surface area contributed by atoms with E-state index < -0.39 is 5.97 Å². The average Bonchev–Trinajstić information content (AvgIpc) is 2.10. The van der Waals surface area contributed by atoms with E-state index >= 15 is 0 Å². The molecule has 0 heterocycles. The first-order chi connectivity index (χ1) is 6.18. The average molecular weight is 188 g/mol. The monoisotopic (exact) mass is 188 g/mol. The maximum atomic E-state index is 10.8. The first kappa shape index (κ1) is 12.1. The third-order valence-corrected chi connectivity index (χ3v) is 1.26. The van der Waals surface area contributed by atoms with Gasteiger partial charge in [-0.1, -0.05) is 6.58 Å². The van der Waals surface area contributed by atoms with Crippen LogP contribution in [0.1, 0.15) is 13.3 Å². The number of carbonyl (C=O) groups excluding carboxylic acids is 1. The predicted octanol–water partition coefficient (Wildman–Crippen LogP) is 0.505. The van der Waals surface area contributed by atoms with Gasteiger partial charge >= 0.3 is 5.97 Å². The molecule has 0 saturated heterocycles. The summed E-state index contributed by atoms with van der Waals surface area (Å²) in [5.74, 6) is -0.397. The molecule has 0 aliphatic carbocycles. The van der Waals surface area contributed by atoms with E-state index in [2.05, 4.69) is 6.58 Å². The molecule has 4 nitrogen and oxygen atoms in total. The SMILES string of the molecule is C=C(C)C(=O)OCCOCCCO. The second-order valence-electron chi connectivity index (χ2n) is 2.61. The van der Waals surface area contributed by atoms with Crippen molar-refractivity contribution in [1.29, 1.82) is 0 Å². The number of rotatable bonds is 7. The van der Waals surface area contributed by atoms with Crippen LogP contribution in [0, 0.1) is 0 Å². The van der Waals surface area contributed by atoms with Gasteiger partial charge in [0.15, 0.2) is 0 Å². The van der Waals surface area contributed by atoms with Gasteiger partial charge in [0, 0.05) is 18.8 Å².